The summed E-state index contributed by atoms with van der Waals surface area (Å²) in [5, 5.41) is 14.3. The van der Waals surface area contributed by atoms with Crippen LogP contribution in [0.2, 0.25) is 0 Å². The van der Waals surface area contributed by atoms with E-state index < -0.39 is 0 Å². The molecule has 2 rings (SSSR count). The zero-order valence-corrected chi connectivity index (χ0v) is 12.4. The minimum atomic E-state index is -0.316. The molecule has 0 amide bonds. The maximum Gasteiger partial charge on any atom is 0.273 e. The van der Waals surface area contributed by atoms with Gasteiger partial charge in [-0.15, -0.1) is 0 Å². The average molecular weight is 277 g/mol. The Kier molecular flexibility index (Phi) is 4.47. The average Bonchev–Trinajstić information content (AvgIpc) is 2.76. The van der Waals surface area contributed by atoms with Crippen molar-refractivity contribution >= 4 is 17.1 Å². The number of nitrogens with one attached hydrogen (secondary N) is 1. The number of non-ortho nitro benzene ring substituents is 1. The van der Waals surface area contributed by atoms with Crippen molar-refractivity contribution in [2.24, 2.45) is 11.8 Å². The summed E-state index contributed by atoms with van der Waals surface area (Å²) in [6, 6.07) is 5.32. The van der Waals surface area contributed by atoms with Gasteiger partial charge in [-0.1, -0.05) is 20.8 Å². The van der Waals surface area contributed by atoms with E-state index in [1.165, 1.54) is 0 Å². The van der Waals surface area contributed by atoms with Crippen molar-refractivity contribution < 1.29 is 4.92 Å². The minimum Gasteiger partial charge on any atom is -0.385 e. The molecular formula is C15H23N3O2. The molecule has 5 heteroatoms. The minimum absolute atomic E-state index is 0.160. The first-order valence-corrected chi connectivity index (χ1v) is 7.29. The molecule has 1 aromatic rings. The van der Waals surface area contributed by atoms with Gasteiger partial charge in [0.05, 0.1) is 4.92 Å². The summed E-state index contributed by atoms with van der Waals surface area (Å²) in [7, 11) is 0. The van der Waals surface area contributed by atoms with E-state index in [0.29, 0.717) is 11.8 Å². The fourth-order valence-corrected chi connectivity index (χ4v) is 2.60. The SMILES string of the molecule is CCCNc1cc(N2CC(C)C(C)C2)cc([N+](=O)[O-])c1. The van der Waals surface area contributed by atoms with E-state index in [0.717, 1.165) is 37.4 Å². The molecule has 0 radical (unpaired) electrons. The summed E-state index contributed by atoms with van der Waals surface area (Å²) < 4.78 is 0. The van der Waals surface area contributed by atoms with Crippen molar-refractivity contribution in [3.63, 3.8) is 0 Å². The molecule has 1 fully saturated rings. The highest BCUT2D eigenvalue weighted by Gasteiger charge is 2.27. The fraction of sp³-hybridized carbons (Fsp3) is 0.600. The van der Waals surface area contributed by atoms with Gasteiger partial charge in [-0.25, -0.2) is 0 Å². The Morgan fingerprint density at radius 2 is 1.95 bits per heavy atom. The number of hydrogen-bond acceptors (Lipinski definition) is 4. The summed E-state index contributed by atoms with van der Waals surface area (Å²) in [5.74, 6) is 1.25. The van der Waals surface area contributed by atoms with Gasteiger partial charge in [-0.3, -0.25) is 10.1 Å². The predicted molar refractivity (Wildman–Crippen MR) is 82.4 cm³/mol. The highest BCUT2D eigenvalue weighted by molar-refractivity contribution is 5.65. The van der Waals surface area contributed by atoms with Crippen molar-refractivity contribution in [2.75, 3.05) is 29.9 Å². The Morgan fingerprint density at radius 3 is 2.50 bits per heavy atom. The lowest BCUT2D eigenvalue weighted by Gasteiger charge is -2.19. The van der Waals surface area contributed by atoms with Crippen LogP contribution in [0.25, 0.3) is 0 Å². The molecule has 1 saturated heterocycles. The third kappa shape index (κ3) is 3.21. The molecular weight excluding hydrogens is 254 g/mol. The molecule has 20 heavy (non-hydrogen) atoms. The van der Waals surface area contributed by atoms with Crippen molar-refractivity contribution in [3.8, 4) is 0 Å². The Labute approximate surface area is 120 Å². The quantitative estimate of drug-likeness (QED) is 0.661. The molecule has 1 aliphatic rings. The summed E-state index contributed by atoms with van der Waals surface area (Å²) >= 11 is 0. The van der Waals surface area contributed by atoms with Gasteiger partial charge in [0, 0.05) is 43.1 Å². The monoisotopic (exact) mass is 277 g/mol. The topological polar surface area (TPSA) is 58.4 Å². The first-order chi connectivity index (χ1) is 9.51. The van der Waals surface area contributed by atoms with Crippen LogP contribution in [0.1, 0.15) is 27.2 Å². The highest BCUT2D eigenvalue weighted by atomic mass is 16.6. The van der Waals surface area contributed by atoms with Crippen molar-refractivity contribution in [1.82, 2.24) is 0 Å². The molecule has 0 saturated carbocycles. The third-order valence-electron chi connectivity index (χ3n) is 4.05. The van der Waals surface area contributed by atoms with Crippen LogP contribution < -0.4 is 10.2 Å². The number of nitro groups is 1. The molecule has 1 N–H and O–H groups in total. The summed E-state index contributed by atoms with van der Waals surface area (Å²) in [4.78, 5) is 13.0. The van der Waals surface area contributed by atoms with Crippen LogP contribution in [0, 0.1) is 22.0 Å². The van der Waals surface area contributed by atoms with Crippen molar-refractivity contribution in [3.05, 3.63) is 28.3 Å². The lowest BCUT2D eigenvalue weighted by atomic mass is 10.0. The largest absolute Gasteiger partial charge is 0.385 e. The zero-order chi connectivity index (χ0) is 14.7. The normalized spacial score (nSPS) is 22.1. The Balaban J connectivity index is 2.27. The van der Waals surface area contributed by atoms with Crippen LogP contribution in [0.4, 0.5) is 17.1 Å². The van der Waals surface area contributed by atoms with E-state index in [2.05, 4.69) is 31.0 Å². The van der Waals surface area contributed by atoms with Gasteiger partial charge in [-0.05, 0) is 24.3 Å². The molecule has 110 valence electrons. The van der Waals surface area contributed by atoms with E-state index >= 15 is 0 Å². The van der Waals surface area contributed by atoms with Crippen LogP contribution in [0.5, 0.6) is 0 Å². The molecule has 0 spiro atoms. The molecule has 1 heterocycles. The Hall–Kier alpha value is -1.78. The van der Waals surface area contributed by atoms with Gasteiger partial charge in [-0.2, -0.15) is 0 Å². The second-order valence-corrected chi connectivity index (χ2v) is 5.78. The maximum atomic E-state index is 11.1. The van der Waals surface area contributed by atoms with Gasteiger partial charge in [0.25, 0.3) is 5.69 Å². The van der Waals surface area contributed by atoms with Gasteiger partial charge < -0.3 is 10.2 Å². The molecule has 1 aromatic carbocycles. The first kappa shape index (κ1) is 14.6. The van der Waals surface area contributed by atoms with Crippen LogP contribution in [0.3, 0.4) is 0 Å². The number of hydrogen-bond donors (Lipinski definition) is 1. The highest BCUT2D eigenvalue weighted by Crippen LogP contribution is 2.32. The van der Waals surface area contributed by atoms with Gasteiger partial charge >= 0.3 is 0 Å². The van der Waals surface area contributed by atoms with E-state index in [4.69, 9.17) is 0 Å². The molecule has 0 bridgehead atoms. The summed E-state index contributed by atoms with van der Waals surface area (Å²) in [5.41, 5.74) is 1.95. The number of anilines is 2. The summed E-state index contributed by atoms with van der Waals surface area (Å²) in [6.07, 6.45) is 0.996. The second kappa shape index (κ2) is 6.11. The predicted octanol–water partition coefficient (Wildman–Crippen LogP) is 3.51. The number of nitro benzene ring substituents is 1. The standard InChI is InChI=1S/C15H23N3O2/c1-4-5-16-13-6-14(8-15(7-13)18(19)20)17-9-11(2)12(3)10-17/h6-8,11-12,16H,4-5,9-10H2,1-3H3. The van der Waals surface area contributed by atoms with E-state index in [1.54, 1.807) is 12.1 Å². The summed E-state index contributed by atoms with van der Waals surface area (Å²) in [6.45, 7) is 9.31. The first-order valence-electron chi connectivity index (χ1n) is 7.29. The van der Waals surface area contributed by atoms with Crippen LogP contribution >= 0.6 is 0 Å². The lowest BCUT2D eigenvalue weighted by Crippen LogP contribution is -2.19. The molecule has 2 unspecified atom stereocenters. The van der Waals surface area contributed by atoms with E-state index in [9.17, 15) is 10.1 Å². The van der Waals surface area contributed by atoms with Gasteiger partial charge in [0.15, 0.2) is 0 Å². The lowest BCUT2D eigenvalue weighted by molar-refractivity contribution is -0.384. The third-order valence-corrected chi connectivity index (χ3v) is 4.05. The fourth-order valence-electron chi connectivity index (χ4n) is 2.60. The van der Waals surface area contributed by atoms with Crippen molar-refractivity contribution in [2.45, 2.75) is 27.2 Å². The Morgan fingerprint density at radius 1 is 1.30 bits per heavy atom. The smallest absolute Gasteiger partial charge is 0.273 e. The van der Waals surface area contributed by atoms with Gasteiger partial charge in [0.2, 0.25) is 0 Å². The molecule has 5 nitrogen and oxygen atoms in total. The number of nitrogens with zero attached hydrogens (tertiary/aromatic N) is 2. The second-order valence-electron chi connectivity index (χ2n) is 5.78. The van der Waals surface area contributed by atoms with Crippen LogP contribution in [-0.2, 0) is 0 Å². The molecule has 0 aromatic heterocycles. The maximum absolute atomic E-state index is 11.1. The number of rotatable bonds is 5. The van der Waals surface area contributed by atoms with E-state index in [1.807, 2.05) is 6.07 Å². The molecule has 1 aliphatic heterocycles. The van der Waals surface area contributed by atoms with Gasteiger partial charge in [0.1, 0.15) is 0 Å². The Bertz CT molecular complexity index is 480. The number of benzene rings is 1. The molecule has 2 atom stereocenters. The zero-order valence-electron chi connectivity index (χ0n) is 12.4. The van der Waals surface area contributed by atoms with Crippen LogP contribution in [-0.4, -0.2) is 24.6 Å². The van der Waals surface area contributed by atoms with E-state index in [-0.39, 0.29) is 10.6 Å². The van der Waals surface area contributed by atoms with Crippen LogP contribution in [0.15, 0.2) is 18.2 Å². The molecule has 0 aliphatic carbocycles. The van der Waals surface area contributed by atoms with Crippen molar-refractivity contribution in [1.29, 1.82) is 0 Å².